The number of hydrogen-bond donors (Lipinski definition) is 0. The number of rotatable bonds is 12. The number of esters is 1. The van der Waals surface area contributed by atoms with Crippen LogP contribution in [0.3, 0.4) is 0 Å². The lowest BCUT2D eigenvalue weighted by Crippen LogP contribution is -2.50. The maximum absolute atomic E-state index is 13.3. The number of ether oxygens (including phenoxy) is 1. The van der Waals surface area contributed by atoms with Crippen molar-refractivity contribution >= 4 is 44.9 Å². The summed E-state index contributed by atoms with van der Waals surface area (Å²) in [7, 11) is -4.31. The predicted molar refractivity (Wildman–Crippen MR) is 152 cm³/mol. The smallest absolute Gasteiger partial charge is 0.404 e. The highest BCUT2D eigenvalue weighted by molar-refractivity contribution is 7.89. The summed E-state index contributed by atoms with van der Waals surface area (Å²) in [4.78, 5) is 30.7. The lowest BCUT2D eigenvalue weighted by Gasteiger charge is -2.34. The number of anilines is 1. The Hall–Kier alpha value is -2.29. The van der Waals surface area contributed by atoms with Crippen molar-refractivity contribution in [2.24, 2.45) is 0 Å². The molecule has 2 fully saturated rings. The van der Waals surface area contributed by atoms with Gasteiger partial charge in [0.15, 0.2) is 10.9 Å². The van der Waals surface area contributed by atoms with E-state index in [1.807, 2.05) is 18.7 Å². The van der Waals surface area contributed by atoms with Crippen molar-refractivity contribution < 1.29 is 35.9 Å². The Balaban J connectivity index is 1.13. The zero-order valence-corrected chi connectivity index (χ0v) is 25.0. The highest BCUT2D eigenvalue weighted by Crippen LogP contribution is 2.34. The summed E-state index contributed by atoms with van der Waals surface area (Å²) >= 11 is 5.71. The summed E-state index contributed by atoms with van der Waals surface area (Å²) in [6.45, 7) is 6.44. The van der Waals surface area contributed by atoms with Gasteiger partial charge < -0.3 is 14.5 Å². The summed E-state index contributed by atoms with van der Waals surface area (Å²) in [5.74, 6) is -2.27. The number of thiocarbonyl (C=S) groups is 1. The third kappa shape index (κ3) is 7.38. The molecule has 1 aromatic rings. The molecule has 0 saturated carbocycles. The molecule has 1 aromatic carbocycles. The van der Waals surface area contributed by atoms with Crippen molar-refractivity contribution in [3.8, 4) is 0 Å². The lowest BCUT2D eigenvalue weighted by molar-refractivity contribution is -0.123. The first-order valence-corrected chi connectivity index (χ1v) is 16.0. The number of piperazine rings is 1. The molecular formula is C27H37F3N4O5S2. The van der Waals surface area contributed by atoms with Gasteiger partial charge in [-0.3, -0.25) is 9.69 Å². The van der Waals surface area contributed by atoms with Crippen LogP contribution >= 0.6 is 12.2 Å². The third-order valence-corrected chi connectivity index (χ3v) is 10.2. The number of fused-ring (bicyclic) bond motifs is 1. The molecule has 0 spiro atoms. The number of amides is 1. The number of nitrogens with zero attached hydrogens (tertiary/aromatic N) is 4. The summed E-state index contributed by atoms with van der Waals surface area (Å²) in [6.07, 6.45) is 1.15. The molecule has 0 aromatic heterocycles. The SMILES string of the molecule is CC1(C)C(=O)N(c2ccc3c(c2)COC3=O)C(=S)N1CCCCCCCCN1CCN(S(=O)(=O)CC(F)(F)F)CC1. The third-order valence-electron chi connectivity index (χ3n) is 7.93. The summed E-state index contributed by atoms with van der Waals surface area (Å²) in [5.41, 5.74) is 1.12. The molecule has 3 aliphatic rings. The Kier molecular flexibility index (Phi) is 9.66. The fraction of sp³-hybridized carbons (Fsp3) is 0.667. The zero-order valence-electron chi connectivity index (χ0n) is 23.4. The molecule has 2 saturated heterocycles. The first kappa shape index (κ1) is 31.6. The molecule has 228 valence electrons. The van der Waals surface area contributed by atoms with E-state index < -0.39 is 27.5 Å². The number of benzene rings is 1. The molecule has 0 radical (unpaired) electrons. The van der Waals surface area contributed by atoms with Gasteiger partial charge in [0.25, 0.3) is 5.91 Å². The number of cyclic esters (lactones) is 1. The summed E-state index contributed by atoms with van der Waals surface area (Å²) < 4.78 is 67.4. The van der Waals surface area contributed by atoms with Gasteiger partial charge in [-0.1, -0.05) is 25.7 Å². The van der Waals surface area contributed by atoms with E-state index in [-0.39, 0.29) is 31.6 Å². The first-order valence-electron chi connectivity index (χ1n) is 13.9. The van der Waals surface area contributed by atoms with Gasteiger partial charge >= 0.3 is 12.1 Å². The minimum atomic E-state index is -4.73. The molecule has 4 rings (SSSR count). The number of carbonyl (C=O) groups is 2. The fourth-order valence-electron chi connectivity index (χ4n) is 5.54. The topological polar surface area (TPSA) is 90.5 Å². The van der Waals surface area contributed by atoms with Crippen LogP contribution in [0.4, 0.5) is 18.9 Å². The second-order valence-electron chi connectivity index (χ2n) is 11.3. The minimum Gasteiger partial charge on any atom is -0.457 e. The average molecular weight is 619 g/mol. The molecule has 0 bridgehead atoms. The number of hydrogen-bond acceptors (Lipinski definition) is 7. The number of halogens is 3. The molecule has 14 heteroatoms. The van der Waals surface area contributed by atoms with Crippen LogP contribution < -0.4 is 4.90 Å². The largest absolute Gasteiger partial charge is 0.457 e. The van der Waals surface area contributed by atoms with Crippen LogP contribution in [0.5, 0.6) is 0 Å². The van der Waals surface area contributed by atoms with E-state index in [4.69, 9.17) is 17.0 Å². The van der Waals surface area contributed by atoms with Crippen LogP contribution in [-0.4, -0.2) is 96.2 Å². The molecule has 0 unspecified atom stereocenters. The molecule has 0 atom stereocenters. The number of sulfonamides is 1. The van der Waals surface area contributed by atoms with Crippen LogP contribution in [0.1, 0.15) is 68.3 Å². The van der Waals surface area contributed by atoms with Crippen molar-refractivity contribution in [1.29, 1.82) is 0 Å². The normalized spacial score (nSPS) is 20.2. The van der Waals surface area contributed by atoms with Gasteiger partial charge in [0.2, 0.25) is 10.0 Å². The van der Waals surface area contributed by atoms with Crippen molar-refractivity contribution in [2.45, 2.75) is 70.7 Å². The van der Waals surface area contributed by atoms with Gasteiger partial charge in [0.1, 0.15) is 12.1 Å². The summed E-state index contributed by atoms with van der Waals surface area (Å²) in [5, 5.41) is 0.455. The van der Waals surface area contributed by atoms with E-state index >= 15 is 0 Å². The van der Waals surface area contributed by atoms with Crippen LogP contribution in [0.25, 0.3) is 0 Å². The Morgan fingerprint density at radius 1 is 0.951 bits per heavy atom. The van der Waals surface area contributed by atoms with Crippen molar-refractivity contribution in [3.63, 3.8) is 0 Å². The van der Waals surface area contributed by atoms with E-state index in [0.29, 0.717) is 36.0 Å². The highest BCUT2D eigenvalue weighted by Gasteiger charge is 2.49. The van der Waals surface area contributed by atoms with Gasteiger partial charge in [-0.15, -0.1) is 0 Å². The van der Waals surface area contributed by atoms with Crippen LogP contribution in [0.15, 0.2) is 18.2 Å². The monoisotopic (exact) mass is 618 g/mol. The predicted octanol–water partition coefficient (Wildman–Crippen LogP) is 3.92. The van der Waals surface area contributed by atoms with Crippen molar-refractivity contribution in [2.75, 3.05) is 49.9 Å². The van der Waals surface area contributed by atoms with E-state index in [9.17, 15) is 31.2 Å². The van der Waals surface area contributed by atoms with E-state index in [1.165, 1.54) is 0 Å². The highest BCUT2D eigenvalue weighted by atomic mass is 32.2. The molecular weight excluding hydrogens is 581 g/mol. The number of unbranched alkanes of at least 4 members (excludes halogenated alkanes) is 5. The van der Waals surface area contributed by atoms with Crippen LogP contribution in [-0.2, 0) is 26.2 Å². The molecule has 9 nitrogen and oxygen atoms in total. The van der Waals surface area contributed by atoms with E-state index in [2.05, 4.69) is 4.90 Å². The second-order valence-corrected chi connectivity index (χ2v) is 13.6. The Bertz CT molecular complexity index is 1260. The van der Waals surface area contributed by atoms with Crippen molar-refractivity contribution in [1.82, 2.24) is 14.1 Å². The second kappa shape index (κ2) is 12.5. The van der Waals surface area contributed by atoms with Gasteiger partial charge in [-0.2, -0.15) is 17.5 Å². The van der Waals surface area contributed by atoms with E-state index in [0.717, 1.165) is 54.9 Å². The maximum Gasteiger partial charge on any atom is 0.404 e. The van der Waals surface area contributed by atoms with Gasteiger partial charge in [-0.05, 0) is 63.7 Å². The molecule has 0 aliphatic carbocycles. The Morgan fingerprint density at radius 2 is 1.56 bits per heavy atom. The van der Waals surface area contributed by atoms with Gasteiger partial charge in [0, 0.05) is 38.3 Å². The zero-order chi connectivity index (χ0) is 30.0. The molecule has 1 amide bonds. The maximum atomic E-state index is 13.3. The first-order chi connectivity index (χ1) is 19.2. The molecule has 3 aliphatic heterocycles. The lowest BCUT2D eigenvalue weighted by atomic mass is 10.0. The van der Waals surface area contributed by atoms with Gasteiger partial charge in [-0.25, -0.2) is 13.2 Å². The Labute approximate surface area is 244 Å². The van der Waals surface area contributed by atoms with E-state index in [1.54, 1.807) is 23.1 Å². The summed E-state index contributed by atoms with van der Waals surface area (Å²) in [6, 6.07) is 5.19. The quantitative estimate of drug-likeness (QED) is 0.198. The number of carbonyl (C=O) groups excluding carboxylic acids is 2. The molecule has 3 heterocycles. The van der Waals surface area contributed by atoms with Gasteiger partial charge in [0.05, 0.1) is 11.3 Å². The minimum absolute atomic E-state index is 0.0909. The Morgan fingerprint density at radius 3 is 2.20 bits per heavy atom. The average Bonchev–Trinajstić information content (AvgIpc) is 3.33. The van der Waals surface area contributed by atoms with Crippen LogP contribution in [0.2, 0.25) is 0 Å². The number of alkyl halides is 3. The fourth-order valence-corrected chi connectivity index (χ4v) is 7.36. The molecule has 0 N–H and O–H groups in total. The van der Waals surface area contributed by atoms with Crippen molar-refractivity contribution in [3.05, 3.63) is 29.3 Å². The van der Waals surface area contributed by atoms with Crippen LogP contribution in [0, 0.1) is 0 Å². The molecule has 41 heavy (non-hydrogen) atoms. The standard InChI is InChI=1S/C27H37F3N4O5S2/c1-26(2)24(36)34(21-9-10-22-20(17-21)18-39-23(22)35)25(40)33(26)12-8-6-4-3-5-7-11-31-13-15-32(16-14-31)41(37,38)19-27(28,29)30/h9-10,17H,3-8,11-16,18-19H2,1-2H3.